The highest BCUT2D eigenvalue weighted by atomic mass is 32.2. The molecule has 112 valence electrons. The van der Waals surface area contributed by atoms with E-state index in [1.54, 1.807) is 26.0 Å². The van der Waals surface area contributed by atoms with E-state index >= 15 is 0 Å². The Morgan fingerprint density at radius 1 is 1.25 bits per heavy atom. The largest absolute Gasteiger partial charge is 0.480 e. The van der Waals surface area contributed by atoms with E-state index in [-0.39, 0.29) is 24.5 Å². The van der Waals surface area contributed by atoms with Gasteiger partial charge in [-0.05, 0) is 12.1 Å². The maximum Gasteiger partial charge on any atom is 0.324 e. The van der Waals surface area contributed by atoms with E-state index in [1.807, 2.05) is 0 Å². The molecule has 7 nitrogen and oxygen atoms in total. The number of hydrogen-bond donors (Lipinski definition) is 2. The van der Waals surface area contributed by atoms with Crippen LogP contribution in [-0.4, -0.2) is 43.4 Å². The van der Waals surface area contributed by atoms with E-state index < -0.39 is 22.7 Å². The molecule has 0 aromatic heterocycles. The lowest BCUT2D eigenvalue weighted by atomic mass is 10.3. The van der Waals surface area contributed by atoms with Crippen LogP contribution in [0.15, 0.2) is 24.3 Å². The summed E-state index contributed by atoms with van der Waals surface area (Å²) >= 11 is 0. The van der Waals surface area contributed by atoms with E-state index in [0.717, 1.165) is 4.31 Å². The van der Waals surface area contributed by atoms with E-state index in [4.69, 9.17) is 10.8 Å². The molecule has 1 aromatic carbocycles. The molecule has 1 rings (SSSR count). The Bertz CT molecular complexity index is 570. The first-order chi connectivity index (χ1) is 9.34. The molecule has 0 amide bonds. The number of nitrogens with two attached hydrogens (primary N) is 1. The minimum atomic E-state index is -3.93. The van der Waals surface area contributed by atoms with Crippen molar-refractivity contribution in [2.75, 3.05) is 29.7 Å². The van der Waals surface area contributed by atoms with Crippen LogP contribution in [0.4, 0.5) is 11.4 Å². The lowest BCUT2D eigenvalue weighted by Gasteiger charge is -2.29. The lowest BCUT2D eigenvalue weighted by Crippen LogP contribution is -2.46. The molecule has 1 aromatic rings. The summed E-state index contributed by atoms with van der Waals surface area (Å²) in [5.74, 6) is -1.25. The summed E-state index contributed by atoms with van der Waals surface area (Å²) in [6.45, 7) is 3.21. The fraction of sp³-hybridized carbons (Fsp3) is 0.417. The van der Waals surface area contributed by atoms with Crippen molar-refractivity contribution < 1.29 is 18.3 Å². The molecule has 0 bridgehead atoms. The number of benzene rings is 1. The second-order valence-corrected chi connectivity index (χ2v) is 5.90. The zero-order valence-electron chi connectivity index (χ0n) is 11.5. The van der Waals surface area contributed by atoms with Gasteiger partial charge in [-0.25, -0.2) is 4.31 Å². The Hall–Kier alpha value is -1.80. The quantitative estimate of drug-likeness (QED) is 0.723. The van der Waals surface area contributed by atoms with Crippen LogP contribution in [0.1, 0.15) is 13.8 Å². The Balaban J connectivity index is 3.33. The van der Waals surface area contributed by atoms with Crippen molar-refractivity contribution in [2.45, 2.75) is 13.8 Å². The Kier molecular flexibility index (Phi) is 5.34. The third-order valence-corrected chi connectivity index (χ3v) is 4.85. The second kappa shape index (κ2) is 6.58. The third kappa shape index (κ3) is 3.40. The van der Waals surface area contributed by atoms with Gasteiger partial charge in [-0.2, -0.15) is 12.7 Å². The summed E-state index contributed by atoms with van der Waals surface area (Å²) in [7, 11) is -3.93. The number of carboxylic acids is 1. The van der Waals surface area contributed by atoms with Crippen molar-refractivity contribution in [3.8, 4) is 0 Å². The molecule has 8 heteroatoms. The molecule has 0 aliphatic heterocycles. The van der Waals surface area contributed by atoms with Crippen LogP contribution in [-0.2, 0) is 15.0 Å². The van der Waals surface area contributed by atoms with Crippen molar-refractivity contribution in [3.63, 3.8) is 0 Å². The summed E-state index contributed by atoms with van der Waals surface area (Å²) in [6, 6.07) is 6.28. The van der Waals surface area contributed by atoms with Crippen molar-refractivity contribution in [2.24, 2.45) is 0 Å². The molecule has 0 aliphatic rings. The van der Waals surface area contributed by atoms with Crippen LogP contribution in [0.5, 0.6) is 0 Å². The zero-order valence-corrected chi connectivity index (χ0v) is 12.3. The number of carboxylic acid groups (broad SMARTS) is 1. The highest BCUT2D eigenvalue weighted by Gasteiger charge is 2.30. The smallest absolute Gasteiger partial charge is 0.324 e. The predicted molar refractivity (Wildman–Crippen MR) is 77.7 cm³/mol. The SMILES string of the molecule is CCN(CC)S(=O)(=O)N(CC(=O)O)c1ccccc1N. The molecule has 20 heavy (non-hydrogen) atoms. The summed E-state index contributed by atoms with van der Waals surface area (Å²) in [5, 5.41) is 8.96. The van der Waals surface area contributed by atoms with Crippen molar-refractivity contribution >= 4 is 27.6 Å². The molecule has 3 N–H and O–H groups in total. The van der Waals surface area contributed by atoms with Gasteiger partial charge in [0.2, 0.25) is 0 Å². The zero-order chi connectivity index (χ0) is 15.3. The number of para-hydroxylation sites is 2. The number of nitrogens with zero attached hydrogens (tertiary/aromatic N) is 2. The topological polar surface area (TPSA) is 104 Å². The van der Waals surface area contributed by atoms with Crippen molar-refractivity contribution in [1.29, 1.82) is 0 Å². The fourth-order valence-electron chi connectivity index (χ4n) is 1.82. The first-order valence-electron chi connectivity index (χ1n) is 6.18. The number of anilines is 2. The third-order valence-electron chi connectivity index (χ3n) is 2.79. The average molecular weight is 301 g/mol. The summed E-state index contributed by atoms with van der Waals surface area (Å²) in [4.78, 5) is 11.0. The molecule has 0 spiro atoms. The molecule has 0 fully saturated rings. The molecule has 0 radical (unpaired) electrons. The van der Waals surface area contributed by atoms with Gasteiger partial charge < -0.3 is 10.8 Å². The van der Waals surface area contributed by atoms with Crippen molar-refractivity contribution in [3.05, 3.63) is 24.3 Å². The van der Waals surface area contributed by atoms with Gasteiger partial charge >= 0.3 is 16.2 Å². The van der Waals surface area contributed by atoms with Crippen LogP contribution in [0.2, 0.25) is 0 Å². The van der Waals surface area contributed by atoms with Gasteiger partial charge in [0.05, 0.1) is 11.4 Å². The van der Waals surface area contributed by atoms with E-state index in [1.165, 1.54) is 16.4 Å². The monoisotopic (exact) mass is 301 g/mol. The van der Waals surface area contributed by atoms with E-state index in [0.29, 0.717) is 0 Å². The van der Waals surface area contributed by atoms with E-state index in [9.17, 15) is 13.2 Å². The first kappa shape index (κ1) is 16.3. The van der Waals surface area contributed by atoms with Crippen LogP contribution in [0.3, 0.4) is 0 Å². The average Bonchev–Trinajstić information content (AvgIpc) is 2.37. The van der Waals surface area contributed by atoms with Gasteiger partial charge in [-0.15, -0.1) is 0 Å². The van der Waals surface area contributed by atoms with Crippen LogP contribution < -0.4 is 10.0 Å². The predicted octanol–water partition coefficient (Wildman–Crippen LogP) is 0.746. The lowest BCUT2D eigenvalue weighted by molar-refractivity contribution is -0.135. The maximum absolute atomic E-state index is 12.5. The van der Waals surface area contributed by atoms with Crippen molar-refractivity contribution in [1.82, 2.24) is 4.31 Å². The number of nitrogen functional groups attached to an aromatic ring is 1. The summed E-state index contributed by atoms with van der Waals surface area (Å²) in [6.07, 6.45) is 0. The summed E-state index contributed by atoms with van der Waals surface area (Å²) < 4.78 is 27.0. The number of aliphatic carboxylic acids is 1. The van der Waals surface area contributed by atoms with Gasteiger partial charge in [0.25, 0.3) is 0 Å². The van der Waals surface area contributed by atoms with Gasteiger partial charge in [0.15, 0.2) is 0 Å². The molecule has 0 heterocycles. The molecule has 0 atom stereocenters. The highest BCUT2D eigenvalue weighted by Crippen LogP contribution is 2.26. The van der Waals surface area contributed by atoms with Gasteiger partial charge in [0, 0.05) is 13.1 Å². The first-order valence-corrected chi connectivity index (χ1v) is 7.58. The molecular formula is C12H19N3O4S. The maximum atomic E-state index is 12.5. The Morgan fingerprint density at radius 2 is 1.80 bits per heavy atom. The normalized spacial score (nSPS) is 11.6. The van der Waals surface area contributed by atoms with Gasteiger partial charge in [-0.3, -0.25) is 4.79 Å². The molecule has 0 aliphatic carbocycles. The summed E-state index contributed by atoms with van der Waals surface area (Å²) in [5.41, 5.74) is 6.14. The number of carbonyl (C=O) groups is 1. The fourth-order valence-corrected chi connectivity index (χ4v) is 3.44. The number of rotatable bonds is 7. The van der Waals surface area contributed by atoms with Crippen LogP contribution in [0, 0.1) is 0 Å². The number of hydrogen-bond acceptors (Lipinski definition) is 4. The van der Waals surface area contributed by atoms with Gasteiger partial charge in [0.1, 0.15) is 6.54 Å². The van der Waals surface area contributed by atoms with Crippen LogP contribution in [0.25, 0.3) is 0 Å². The van der Waals surface area contributed by atoms with E-state index in [2.05, 4.69) is 0 Å². The Morgan fingerprint density at radius 3 is 2.25 bits per heavy atom. The standard InChI is InChI=1S/C12H19N3O4S/c1-3-14(4-2)20(18,19)15(9-12(16)17)11-8-6-5-7-10(11)13/h5-8H,3-4,9,13H2,1-2H3,(H,16,17). The molecule has 0 unspecified atom stereocenters. The van der Waals surface area contributed by atoms with Crippen LogP contribution >= 0.6 is 0 Å². The minimum Gasteiger partial charge on any atom is -0.480 e. The molecular weight excluding hydrogens is 282 g/mol. The molecule has 0 saturated heterocycles. The second-order valence-electron chi connectivity index (χ2n) is 4.05. The minimum absolute atomic E-state index is 0.168. The Labute approximate surface area is 118 Å². The van der Waals surface area contributed by atoms with Gasteiger partial charge in [-0.1, -0.05) is 26.0 Å². The molecule has 0 saturated carbocycles. The highest BCUT2D eigenvalue weighted by molar-refractivity contribution is 7.90.